The lowest BCUT2D eigenvalue weighted by molar-refractivity contribution is -0.126. The summed E-state index contributed by atoms with van der Waals surface area (Å²) in [5.74, 6) is 1.47. The molecule has 158 valence electrons. The molecule has 3 heterocycles. The van der Waals surface area contributed by atoms with E-state index in [1.165, 1.54) is 31.7 Å². The van der Waals surface area contributed by atoms with Crippen molar-refractivity contribution in [3.63, 3.8) is 0 Å². The molecule has 0 radical (unpaired) electrons. The number of nitrogens with zero attached hydrogens (tertiary/aromatic N) is 3. The molecular formula is C23H27FN4OS. The van der Waals surface area contributed by atoms with Crippen molar-refractivity contribution in [3.8, 4) is 0 Å². The summed E-state index contributed by atoms with van der Waals surface area (Å²) in [5, 5.41) is 3.90. The Labute approximate surface area is 179 Å². The van der Waals surface area contributed by atoms with E-state index in [9.17, 15) is 9.18 Å². The summed E-state index contributed by atoms with van der Waals surface area (Å²) in [6.07, 6.45) is 7.97. The molecule has 0 unspecified atom stereocenters. The number of rotatable bonds is 3. The number of halogens is 1. The minimum atomic E-state index is -0.240. The zero-order valence-corrected chi connectivity index (χ0v) is 18.1. The molecule has 2 fully saturated rings. The molecule has 5 rings (SSSR count). The molecule has 5 nitrogen and oxygen atoms in total. The van der Waals surface area contributed by atoms with E-state index in [0.717, 1.165) is 47.6 Å². The number of carbonyl (C=O) groups excluding carboxylic acids is 1. The zero-order chi connectivity index (χ0) is 20.7. The largest absolute Gasteiger partial charge is 0.355 e. The highest BCUT2D eigenvalue weighted by Gasteiger charge is 2.30. The Hall–Kier alpha value is -2.28. The van der Waals surface area contributed by atoms with Gasteiger partial charge in [0.15, 0.2) is 0 Å². The van der Waals surface area contributed by atoms with Crippen LogP contribution in [0.5, 0.6) is 0 Å². The molecular weight excluding hydrogens is 399 g/mol. The Morgan fingerprint density at radius 3 is 2.77 bits per heavy atom. The standard InChI is InChI=1S/C23H27FN4OS/c1-14-5-2-3-7-17(14)27-23(29)15-9-11-28(12-10-15)22-21-20(25-13-26-22)19-16(24)6-4-8-18(19)30-21/h4,6,8,13-15,17H,2-3,5,7,9-12H2,1H3,(H,27,29)/t14-,17-/m1/s1. The fraction of sp³-hybridized carbons (Fsp3) is 0.522. The van der Waals surface area contributed by atoms with Crippen molar-refractivity contribution < 1.29 is 9.18 Å². The Morgan fingerprint density at radius 1 is 1.17 bits per heavy atom. The summed E-state index contributed by atoms with van der Waals surface area (Å²) in [7, 11) is 0. The van der Waals surface area contributed by atoms with Crippen LogP contribution >= 0.6 is 11.3 Å². The maximum atomic E-state index is 14.4. The van der Waals surface area contributed by atoms with Crippen LogP contribution in [0.3, 0.4) is 0 Å². The summed E-state index contributed by atoms with van der Waals surface area (Å²) in [4.78, 5) is 24.0. The van der Waals surface area contributed by atoms with Crippen LogP contribution in [0, 0.1) is 17.7 Å². The van der Waals surface area contributed by atoms with Crippen molar-refractivity contribution in [3.05, 3.63) is 30.3 Å². The number of fused-ring (bicyclic) bond motifs is 3. The van der Waals surface area contributed by atoms with Crippen LogP contribution in [0.25, 0.3) is 20.3 Å². The number of amides is 1. The van der Waals surface area contributed by atoms with E-state index in [2.05, 4.69) is 27.1 Å². The summed E-state index contributed by atoms with van der Waals surface area (Å²) in [5.41, 5.74) is 0.684. The lowest BCUT2D eigenvalue weighted by Gasteiger charge is -2.35. The predicted molar refractivity (Wildman–Crippen MR) is 119 cm³/mol. The van der Waals surface area contributed by atoms with Gasteiger partial charge in [0.1, 0.15) is 18.0 Å². The lowest BCUT2D eigenvalue weighted by atomic mass is 9.85. The Morgan fingerprint density at radius 2 is 1.97 bits per heavy atom. The summed E-state index contributed by atoms with van der Waals surface area (Å²) in [6, 6.07) is 5.47. The number of nitrogens with one attached hydrogen (secondary N) is 1. The van der Waals surface area contributed by atoms with Crippen LogP contribution in [0.1, 0.15) is 45.4 Å². The number of carbonyl (C=O) groups is 1. The van der Waals surface area contributed by atoms with Crippen LogP contribution in [-0.4, -0.2) is 35.0 Å². The third-order valence-electron chi connectivity index (χ3n) is 6.81. The number of thiophene rings is 1. The topological polar surface area (TPSA) is 58.1 Å². The van der Waals surface area contributed by atoms with Crippen LogP contribution in [-0.2, 0) is 4.79 Å². The SMILES string of the molecule is C[C@@H]1CCCC[C@H]1NC(=O)C1CCN(c2ncnc3c2sc2cccc(F)c23)CC1. The first kappa shape index (κ1) is 19.7. The first-order chi connectivity index (χ1) is 14.6. The summed E-state index contributed by atoms with van der Waals surface area (Å²) >= 11 is 1.54. The molecule has 2 atom stereocenters. The van der Waals surface area contributed by atoms with E-state index in [0.29, 0.717) is 22.9 Å². The maximum Gasteiger partial charge on any atom is 0.223 e. The number of piperidine rings is 1. The number of aromatic nitrogens is 2. The lowest BCUT2D eigenvalue weighted by Crippen LogP contribution is -2.46. The highest BCUT2D eigenvalue weighted by atomic mass is 32.1. The Kier molecular flexibility index (Phi) is 5.31. The van der Waals surface area contributed by atoms with Crippen molar-refractivity contribution >= 4 is 43.4 Å². The molecule has 7 heteroatoms. The van der Waals surface area contributed by atoms with E-state index >= 15 is 0 Å². The highest BCUT2D eigenvalue weighted by molar-refractivity contribution is 7.26. The molecule has 1 saturated carbocycles. The van der Waals surface area contributed by atoms with Gasteiger partial charge < -0.3 is 10.2 Å². The number of hydrogen-bond donors (Lipinski definition) is 1. The first-order valence-corrected chi connectivity index (χ1v) is 11.8. The molecule has 1 aliphatic carbocycles. The normalized spacial score (nSPS) is 23.2. The van der Waals surface area contributed by atoms with Crippen LogP contribution in [0.15, 0.2) is 24.5 Å². The molecule has 3 aromatic rings. The molecule has 0 bridgehead atoms. The summed E-state index contributed by atoms with van der Waals surface area (Å²) < 4.78 is 16.2. The highest BCUT2D eigenvalue weighted by Crippen LogP contribution is 2.39. The maximum absolute atomic E-state index is 14.4. The summed E-state index contributed by atoms with van der Waals surface area (Å²) in [6.45, 7) is 3.81. The monoisotopic (exact) mass is 426 g/mol. The van der Waals surface area contributed by atoms with Gasteiger partial charge in [0.25, 0.3) is 0 Å². The molecule has 1 aliphatic heterocycles. The third-order valence-corrected chi connectivity index (χ3v) is 7.95. The quantitative estimate of drug-likeness (QED) is 0.648. The number of hydrogen-bond acceptors (Lipinski definition) is 5. The molecule has 1 saturated heterocycles. The van der Waals surface area contributed by atoms with Gasteiger partial charge in [-0.2, -0.15) is 0 Å². The second-order valence-corrected chi connectivity index (χ2v) is 9.78. The van der Waals surface area contributed by atoms with Gasteiger partial charge in [-0.3, -0.25) is 4.79 Å². The fourth-order valence-corrected chi connectivity index (χ4v) is 6.16. The average molecular weight is 427 g/mol. The second kappa shape index (κ2) is 8.10. The van der Waals surface area contributed by atoms with Gasteiger partial charge in [-0.25, -0.2) is 14.4 Å². The number of anilines is 1. The van der Waals surface area contributed by atoms with Crippen LogP contribution < -0.4 is 10.2 Å². The Bertz CT molecular complexity index is 1080. The van der Waals surface area contributed by atoms with Crippen LogP contribution in [0.2, 0.25) is 0 Å². The van der Waals surface area contributed by atoms with Crippen molar-refractivity contribution in [1.29, 1.82) is 0 Å². The minimum absolute atomic E-state index is 0.0626. The van der Waals surface area contributed by atoms with Crippen LogP contribution in [0.4, 0.5) is 10.2 Å². The molecule has 1 aromatic carbocycles. The Balaban J connectivity index is 1.31. The van der Waals surface area contributed by atoms with Gasteiger partial charge in [0.2, 0.25) is 5.91 Å². The number of benzene rings is 1. The third kappa shape index (κ3) is 3.53. The molecule has 2 aliphatic rings. The van der Waals surface area contributed by atoms with Gasteiger partial charge in [0, 0.05) is 29.7 Å². The van der Waals surface area contributed by atoms with Gasteiger partial charge in [-0.15, -0.1) is 11.3 Å². The zero-order valence-electron chi connectivity index (χ0n) is 17.2. The smallest absolute Gasteiger partial charge is 0.223 e. The van der Waals surface area contributed by atoms with Crippen molar-refractivity contribution in [2.24, 2.45) is 11.8 Å². The van der Waals surface area contributed by atoms with E-state index in [1.807, 2.05) is 6.07 Å². The van der Waals surface area contributed by atoms with E-state index in [1.54, 1.807) is 17.4 Å². The van der Waals surface area contributed by atoms with E-state index in [4.69, 9.17) is 0 Å². The molecule has 1 amide bonds. The average Bonchev–Trinajstić information content (AvgIpc) is 3.15. The van der Waals surface area contributed by atoms with Crippen molar-refractivity contribution in [2.45, 2.75) is 51.5 Å². The second-order valence-electron chi connectivity index (χ2n) is 8.73. The minimum Gasteiger partial charge on any atom is -0.355 e. The van der Waals surface area contributed by atoms with E-state index in [-0.39, 0.29) is 17.6 Å². The first-order valence-electron chi connectivity index (χ1n) is 11.0. The van der Waals surface area contributed by atoms with Crippen molar-refractivity contribution in [2.75, 3.05) is 18.0 Å². The fourth-order valence-electron chi connectivity index (χ4n) is 4.98. The molecule has 0 spiro atoms. The molecule has 30 heavy (non-hydrogen) atoms. The molecule has 2 aromatic heterocycles. The van der Waals surface area contributed by atoms with Crippen molar-refractivity contribution in [1.82, 2.24) is 15.3 Å². The predicted octanol–water partition coefficient (Wildman–Crippen LogP) is 4.89. The van der Waals surface area contributed by atoms with Gasteiger partial charge >= 0.3 is 0 Å². The molecule has 1 N–H and O–H groups in total. The van der Waals surface area contributed by atoms with Gasteiger partial charge in [0.05, 0.1) is 15.6 Å². The van der Waals surface area contributed by atoms with Gasteiger partial charge in [-0.05, 0) is 43.7 Å². The van der Waals surface area contributed by atoms with Gasteiger partial charge in [-0.1, -0.05) is 25.8 Å². The van der Waals surface area contributed by atoms with E-state index < -0.39 is 0 Å².